The van der Waals surface area contributed by atoms with Gasteiger partial charge in [0.25, 0.3) is 0 Å². The van der Waals surface area contributed by atoms with Gasteiger partial charge in [-0.1, -0.05) is 164 Å². The Bertz CT molecular complexity index is 3690. The van der Waals surface area contributed by atoms with Crippen molar-refractivity contribution in [2.24, 2.45) is 0 Å². The molecule has 0 radical (unpaired) electrons. The Morgan fingerprint density at radius 2 is 0.889 bits per heavy atom. The van der Waals surface area contributed by atoms with E-state index in [4.69, 9.17) is 15.0 Å². The van der Waals surface area contributed by atoms with Gasteiger partial charge in [-0.05, 0) is 94.4 Å². The maximum atomic E-state index is 5.29. The first-order valence-electron chi connectivity index (χ1n) is 21.3. The molecule has 0 unspecified atom stereocenters. The van der Waals surface area contributed by atoms with Crippen LogP contribution in [0.15, 0.2) is 212 Å². The molecule has 0 aliphatic carbocycles. The maximum Gasteiger partial charge on any atom is 0.165 e. The SMILES string of the molecule is Cc1ccc2c3ccccc3n(-c3cccc(-c4nc(-c5ccc(-c6cccc(-c7cccc(-c8ccccc8)c7)c6)cc5)nc(-c5cccc6c5sc5ccccc56)n4)c3)c2c1. The molecule has 12 aromatic rings. The van der Waals surface area contributed by atoms with Crippen molar-refractivity contribution in [3.63, 3.8) is 0 Å². The second kappa shape index (κ2) is 15.2. The van der Waals surface area contributed by atoms with Gasteiger partial charge in [0.05, 0.1) is 11.0 Å². The molecule has 0 fully saturated rings. The normalized spacial score (nSPS) is 11.6. The first-order chi connectivity index (χ1) is 31.1. The molecule has 0 atom stereocenters. The van der Waals surface area contributed by atoms with Gasteiger partial charge < -0.3 is 4.57 Å². The van der Waals surface area contributed by atoms with Crippen LogP contribution >= 0.6 is 11.3 Å². The highest BCUT2D eigenvalue weighted by atomic mass is 32.1. The van der Waals surface area contributed by atoms with Gasteiger partial charge in [-0.25, -0.2) is 15.0 Å². The molecule has 0 amide bonds. The van der Waals surface area contributed by atoms with Crippen LogP contribution in [0.3, 0.4) is 0 Å². The molecule has 296 valence electrons. The van der Waals surface area contributed by atoms with Crippen LogP contribution in [0.1, 0.15) is 5.56 Å². The van der Waals surface area contributed by atoms with E-state index in [1.54, 1.807) is 11.3 Å². The molecule has 0 saturated carbocycles. The monoisotopic (exact) mass is 822 g/mol. The zero-order valence-electron chi connectivity index (χ0n) is 34.4. The second-order valence-corrected chi connectivity index (χ2v) is 17.2. The third-order valence-electron chi connectivity index (χ3n) is 12.1. The zero-order chi connectivity index (χ0) is 41.9. The van der Waals surface area contributed by atoms with E-state index in [2.05, 4.69) is 224 Å². The van der Waals surface area contributed by atoms with E-state index in [9.17, 15) is 0 Å². The number of aromatic nitrogens is 4. The van der Waals surface area contributed by atoms with Gasteiger partial charge in [0, 0.05) is 53.3 Å². The van der Waals surface area contributed by atoms with Crippen LogP contribution in [0.2, 0.25) is 0 Å². The number of rotatable bonds is 7. The first-order valence-corrected chi connectivity index (χ1v) is 22.1. The molecule has 0 aliphatic rings. The van der Waals surface area contributed by atoms with Crippen LogP contribution in [0.4, 0.5) is 0 Å². The molecule has 12 rings (SSSR count). The Hall–Kier alpha value is -7.99. The summed E-state index contributed by atoms with van der Waals surface area (Å²) >= 11 is 1.79. The molecule has 0 bridgehead atoms. The number of aryl methyl sites for hydroxylation is 1. The number of benzene rings is 9. The number of hydrogen-bond donors (Lipinski definition) is 0. The van der Waals surface area contributed by atoms with Crippen LogP contribution in [0, 0.1) is 6.92 Å². The van der Waals surface area contributed by atoms with Crippen molar-refractivity contribution in [2.45, 2.75) is 6.92 Å². The lowest BCUT2D eigenvalue weighted by atomic mass is 9.96. The topological polar surface area (TPSA) is 43.6 Å². The second-order valence-electron chi connectivity index (χ2n) is 16.1. The summed E-state index contributed by atoms with van der Waals surface area (Å²) in [5.41, 5.74) is 14.5. The Kier molecular flexibility index (Phi) is 8.87. The van der Waals surface area contributed by atoms with Crippen LogP contribution in [0.25, 0.3) is 115 Å². The van der Waals surface area contributed by atoms with Crippen LogP contribution in [-0.2, 0) is 0 Å². The minimum Gasteiger partial charge on any atom is -0.309 e. The highest BCUT2D eigenvalue weighted by Crippen LogP contribution is 2.40. The molecule has 3 heterocycles. The average Bonchev–Trinajstić information content (AvgIpc) is 3.90. The molecule has 0 saturated heterocycles. The largest absolute Gasteiger partial charge is 0.309 e. The molecule has 0 aliphatic heterocycles. The summed E-state index contributed by atoms with van der Waals surface area (Å²) in [5.74, 6) is 1.91. The summed E-state index contributed by atoms with van der Waals surface area (Å²) in [6.45, 7) is 2.15. The fraction of sp³-hybridized carbons (Fsp3) is 0.0172. The van der Waals surface area contributed by atoms with Crippen LogP contribution in [0.5, 0.6) is 0 Å². The lowest BCUT2D eigenvalue weighted by Gasteiger charge is -2.12. The van der Waals surface area contributed by atoms with Gasteiger partial charge in [-0.2, -0.15) is 0 Å². The summed E-state index contributed by atoms with van der Waals surface area (Å²) in [5, 5.41) is 4.91. The van der Waals surface area contributed by atoms with E-state index >= 15 is 0 Å². The Morgan fingerprint density at radius 3 is 1.67 bits per heavy atom. The summed E-state index contributed by atoms with van der Waals surface area (Å²) < 4.78 is 4.77. The van der Waals surface area contributed by atoms with Crippen LogP contribution in [-0.4, -0.2) is 19.5 Å². The molecule has 4 nitrogen and oxygen atoms in total. The predicted octanol–water partition coefficient (Wildman–Crippen LogP) is 15.6. The molecule has 0 N–H and O–H groups in total. The Labute approximate surface area is 369 Å². The van der Waals surface area contributed by atoms with Gasteiger partial charge in [-0.15, -0.1) is 11.3 Å². The first kappa shape index (κ1) is 36.8. The van der Waals surface area contributed by atoms with E-state index in [1.807, 2.05) is 0 Å². The van der Waals surface area contributed by atoms with Gasteiger partial charge in [0.1, 0.15) is 0 Å². The quantitative estimate of drug-likeness (QED) is 0.161. The van der Waals surface area contributed by atoms with E-state index in [0.29, 0.717) is 17.5 Å². The van der Waals surface area contributed by atoms with E-state index in [-0.39, 0.29) is 0 Å². The maximum absolute atomic E-state index is 5.29. The smallest absolute Gasteiger partial charge is 0.165 e. The summed E-state index contributed by atoms with van der Waals surface area (Å²) in [7, 11) is 0. The number of fused-ring (bicyclic) bond motifs is 6. The standard InChI is InChI=1S/C58H38N4S/c1-37-27-32-48-47-21-5-7-25-52(47)62(53(48)33-37)46-20-11-19-45(36-46)57-59-56(60-58(61-57)51-24-12-23-50-49-22-6-8-26-54(49)63-55(50)51)40-30-28-39(29-31-40)42-16-10-18-44(35-42)43-17-9-15-41(34-43)38-13-3-2-4-14-38/h2-36H,1H3. The molecular formula is C58H38N4S. The molecule has 3 aromatic heterocycles. The number of hydrogen-bond acceptors (Lipinski definition) is 4. The Morgan fingerprint density at radius 1 is 0.349 bits per heavy atom. The molecule has 0 spiro atoms. The minimum atomic E-state index is 0.626. The number of para-hydroxylation sites is 1. The van der Waals surface area contributed by atoms with Crippen molar-refractivity contribution in [3.8, 4) is 73.2 Å². The van der Waals surface area contributed by atoms with E-state index in [1.165, 1.54) is 64.3 Å². The zero-order valence-corrected chi connectivity index (χ0v) is 35.2. The summed E-state index contributed by atoms with van der Waals surface area (Å²) in [6.07, 6.45) is 0. The fourth-order valence-electron chi connectivity index (χ4n) is 9.02. The van der Waals surface area contributed by atoms with Crippen molar-refractivity contribution in [1.82, 2.24) is 19.5 Å². The number of thiophene rings is 1. The molecule has 9 aromatic carbocycles. The highest BCUT2D eigenvalue weighted by molar-refractivity contribution is 7.26. The van der Waals surface area contributed by atoms with Crippen LogP contribution < -0.4 is 0 Å². The van der Waals surface area contributed by atoms with Crippen molar-refractivity contribution in [1.29, 1.82) is 0 Å². The third kappa shape index (κ3) is 6.58. The van der Waals surface area contributed by atoms with Crippen molar-refractivity contribution >= 4 is 53.3 Å². The summed E-state index contributed by atoms with van der Waals surface area (Å²) in [6, 6.07) is 75.7. The summed E-state index contributed by atoms with van der Waals surface area (Å²) in [4.78, 5) is 15.8. The lowest BCUT2D eigenvalue weighted by Crippen LogP contribution is -2.01. The third-order valence-corrected chi connectivity index (χ3v) is 13.3. The average molecular weight is 823 g/mol. The minimum absolute atomic E-state index is 0.626. The van der Waals surface area contributed by atoms with Gasteiger partial charge in [0.2, 0.25) is 0 Å². The lowest BCUT2D eigenvalue weighted by molar-refractivity contribution is 1.07. The van der Waals surface area contributed by atoms with E-state index in [0.717, 1.165) is 39.0 Å². The van der Waals surface area contributed by atoms with Gasteiger partial charge >= 0.3 is 0 Å². The predicted molar refractivity (Wildman–Crippen MR) is 264 cm³/mol. The molecule has 5 heteroatoms. The van der Waals surface area contributed by atoms with Gasteiger partial charge in [0.15, 0.2) is 17.5 Å². The highest BCUT2D eigenvalue weighted by Gasteiger charge is 2.19. The van der Waals surface area contributed by atoms with Crippen molar-refractivity contribution in [3.05, 3.63) is 218 Å². The number of nitrogens with zero attached hydrogens (tertiary/aromatic N) is 4. The van der Waals surface area contributed by atoms with E-state index < -0.39 is 0 Å². The molecule has 63 heavy (non-hydrogen) atoms. The Balaban J connectivity index is 0.972. The van der Waals surface area contributed by atoms with Crippen molar-refractivity contribution < 1.29 is 0 Å². The van der Waals surface area contributed by atoms with Crippen molar-refractivity contribution in [2.75, 3.05) is 0 Å². The molecular weight excluding hydrogens is 785 g/mol. The van der Waals surface area contributed by atoms with Gasteiger partial charge in [-0.3, -0.25) is 0 Å². The fourth-order valence-corrected chi connectivity index (χ4v) is 10.2.